The fourth-order valence-electron chi connectivity index (χ4n) is 4.07. The van der Waals surface area contributed by atoms with Crippen molar-refractivity contribution in [2.45, 2.75) is 31.3 Å². The summed E-state index contributed by atoms with van der Waals surface area (Å²) in [6, 6.07) is 13.3. The molecule has 0 saturated carbocycles. The van der Waals surface area contributed by atoms with Crippen molar-refractivity contribution in [3.8, 4) is 5.75 Å². The van der Waals surface area contributed by atoms with Gasteiger partial charge in [-0.15, -0.1) is 0 Å². The summed E-state index contributed by atoms with van der Waals surface area (Å²) in [5.41, 5.74) is 0.368. The Morgan fingerprint density at radius 2 is 1.76 bits per heavy atom. The van der Waals surface area contributed by atoms with Crippen LogP contribution in [0.5, 0.6) is 5.75 Å². The van der Waals surface area contributed by atoms with Crippen molar-refractivity contribution >= 4 is 56.4 Å². The van der Waals surface area contributed by atoms with Crippen molar-refractivity contribution < 1.29 is 27.7 Å². The highest BCUT2D eigenvalue weighted by Crippen LogP contribution is 2.36. The predicted molar refractivity (Wildman–Crippen MR) is 156 cm³/mol. The Hall–Kier alpha value is -3.87. The van der Waals surface area contributed by atoms with Crippen molar-refractivity contribution in [3.63, 3.8) is 0 Å². The zero-order valence-electron chi connectivity index (χ0n) is 22.6. The lowest BCUT2D eigenvalue weighted by atomic mass is 10.1. The quantitative estimate of drug-likeness (QED) is 0.244. The normalized spacial score (nSPS) is 11.9. The van der Waals surface area contributed by atoms with E-state index in [4.69, 9.17) is 27.9 Å². The molecule has 0 aliphatic carbocycles. The number of ether oxygens (including phenoxy) is 1. The molecule has 0 radical (unpaired) electrons. The maximum atomic E-state index is 14.1. The van der Waals surface area contributed by atoms with Crippen molar-refractivity contribution in [1.29, 1.82) is 0 Å². The summed E-state index contributed by atoms with van der Waals surface area (Å²) in [7, 11) is -1.88. The second-order valence-corrected chi connectivity index (χ2v) is 11.7. The summed E-state index contributed by atoms with van der Waals surface area (Å²) in [6.07, 6.45) is 0. The van der Waals surface area contributed by atoms with Gasteiger partial charge in [-0.3, -0.25) is 24.0 Å². The molecule has 1 atom stereocenters. The van der Waals surface area contributed by atoms with Crippen LogP contribution in [0, 0.1) is 17.0 Å². The first kappa shape index (κ1) is 31.7. The van der Waals surface area contributed by atoms with Crippen LogP contribution in [0.2, 0.25) is 10.0 Å². The average molecular weight is 624 g/mol. The minimum absolute atomic E-state index is 0.0649. The number of benzene rings is 3. The van der Waals surface area contributed by atoms with Crippen LogP contribution in [0.25, 0.3) is 0 Å². The highest BCUT2D eigenvalue weighted by Gasteiger charge is 2.34. The number of sulfonamides is 1. The van der Waals surface area contributed by atoms with Crippen molar-refractivity contribution in [2.24, 2.45) is 0 Å². The minimum atomic E-state index is -4.61. The van der Waals surface area contributed by atoms with Crippen molar-refractivity contribution in [1.82, 2.24) is 10.2 Å². The number of carbonyl (C=O) groups excluding carboxylic acids is 2. The fraction of sp³-hybridized carbons (Fsp3) is 0.259. The van der Waals surface area contributed by atoms with Crippen LogP contribution in [-0.4, -0.2) is 56.8 Å². The van der Waals surface area contributed by atoms with E-state index in [9.17, 15) is 28.1 Å². The van der Waals surface area contributed by atoms with Gasteiger partial charge in [0.2, 0.25) is 11.8 Å². The predicted octanol–water partition coefficient (Wildman–Crippen LogP) is 4.58. The van der Waals surface area contributed by atoms with Gasteiger partial charge in [-0.2, -0.15) is 0 Å². The van der Waals surface area contributed by atoms with Crippen molar-refractivity contribution in [3.05, 3.63) is 92.0 Å². The number of nitro groups is 1. The molecule has 41 heavy (non-hydrogen) atoms. The molecule has 0 saturated heterocycles. The Labute approximate surface area is 247 Å². The van der Waals surface area contributed by atoms with Gasteiger partial charge in [0.05, 0.1) is 22.6 Å². The van der Waals surface area contributed by atoms with Gasteiger partial charge in [-0.05, 0) is 55.8 Å². The van der Waals surface area contributed by atoms with Gasteiger partial charge >= 0.3 is 0 Å². The summed E-state index contributed by atoms with van der Waals surface area (Å²) in [6.45, 7) is 2.13. The van der Waals surface area contributed by atoms with Crippen LogP contribution >= 0.6 is 23.2 Å². The highest BCUT2D eigenvalue weighted by molar-refractivity contribution is 7.92. The summed E-state index contributed by atoms with van der Waals surface area (Å²) in [5, 5.41) is 14.6. The van der Waals surface area contributed by atoms with Gasteiger partial charge in [0.15, 0.2) is 0 Å². The number of hydrogen-bond donors (Lipinski definition) is 1. The number of nitrogens with zero attached hydrogens (tertiary/aromatic N) is 3. The number of carbonyl (C=O) groups is 2. The number of aryl methyl sites for hydroxylation is 1. The van der Waals surface area contributed by atoms with Gasteiger partial charge in [0, 0.05) is 35.3 Å². The Morgan fingerprint density at radius 1 is 1.07 bits per heavy atom. The van der Waals surface area contributed by atoms with E-state index in [-0.39, 0.29) is 28.6 Å². The second-order valence-electron chi connectivity index (χ2n) is 8.98. The van der Waals surface area contributed by atoms with Crippen LogP contribution in [0.4, 0.5) is 11.4 Å². The smallest absolute Gasteiger partial charge is 0.273 e. The SMILES string of the molecule is CNC(=O)[C@@H](C)N(Cc1cccc(Cl)c1)C(=O)CN(c1cc(Cl)ccc1OC)S(=O)(=O)c1ccc(C)c([N+](=O)[O-])c1. The molecule has 218 valence electrons. The van der Waals surface area contributed by atoms with E-state index in [1.54, 1.807) is 24.3 Å². The number of anilines is 1. The molecule has 0 bridgehead atoms. The molecule has 3 aromatic carbocycles. The number of methoxy groups -OCH3 is 1. The summed E-state index contributed by atoms with van der Waals surface area (Å²) in [5.74, 6) is -1.15. The van der Waals surface area contributed by atoms with E-state index in [1.807, 2.05) is 0 Å². The molecule has 0 spiro atoms. The largest absolute Gasteiger partial charge is 0.495 e. The lowest BCUT2D eigenvalue weighted by Gasteiger charge is -2.32. The van der Waals surface area contributed by atoms with Gasteiger partial charge in [0.25, 0.3) is 15.7 Å². The summed E-state index contributed by atoms with van der Waals surface area (Å²) >= 11 is 12.3. The van der Waals surface area contributed by atoms with Crippen molar-refractivity contribution in [2.75, 3.05) is 25.0 Å². The zero-order valence-corrected chi connectivity index (χ0v) is 25.0. The third kappa shape index (κ3) is 7.26. The minimum Gasteiger partial charge on any atom is -0.495 e. The molecule has 0 aliphatic rings. The van der Waals surface area contributed by atoms with Gasteiger partial charge in [-0.25, -0.2) is 8.42 Å². The molecule has 3 rings (SSSR count). The van der Waals surface area contributed by atoms with E-state index in [1.165, 1.54) is 63.2 Å². The molecule has 14 heteroatoms. The summed E-state index contributed by atoms with van der Waals surface area (Å²) in [4.78, 5) is 38.2. The third-order valence-electron chi connectivity index (χ3n) is 6.31. The molecule has 0 aromatic heterocycles. The topological polar surface area (TPSA) is 139 Å². The molecular weight excluding hydrogens is 595 g/mol. The standard InChI is InChI=1S/C27H28Cl2N4O7S/c1-17-8-10-22(14-23(17)33(36)37)41(38,39)32(24-13-21(29)9-11-25(24)40-4)16-26(34)31(18(2)27(35)30-3)15-19-6-5-7-20(28)12-19/h5-14,18H,15-16H2,1-4H3,(H,30,35)/t18-/m1/s1. The van der Waals surface area contributed by atoms with E-state index in [2.05, 4.69) is 5.32 Å². The van der Waals surface area contributed by atoms with E-state index in [0.717, 1.165) is 10.4 Å². The molecule has 0 fully saturated rings. The average Bonchev–Trinajstić information content (AvgIpc) is 2.93. The Morgan fingerprint density at radius 3 is 2.37 bits per heavy atom. The van der Waals surface area contributed by atoms with E-state index < -0.39 is 49.9 Å². The first-order valence-corrected chi connectivity index (χ1v) is 14.4. The number of likely N-dealkylation sites (N-methyl/N-ethyl adjacent to an activating group) is 1. The lowest BCUT2D eigenvalue weighted by Crippen LogP contribution is -2.50. The van der Waals surface area contributed by atoms with Gasteiger partial charge < -0.3 is 15.0 Å². The Balaban J connectivity index is 2.17. The van der Waals surface area contributed by atoms with Crippen LogP contribution in [0.15, 0.2) is 65.6 Å². The maximum Gasteiger partial charge on any atom is 0.273 e. The molecule has 2 amide bonds. The molecular formula is C27H28Cl2N4O7S. The zero-order chi connectivity index (χ0) is 30.5. The van der Waals surface area contributed by atoms with Crippen LogP contribution in [-0.2, 0) is 26.2 Å². The molecule has 3 aromatic rings. The Bertz CT molecular complexity index is 1580. The van der Waals surface area contributed by atoms with Crippen LogP contribution in [0.1, 0.15) is 18.1 Å². The fourth-order valence-corrected chi connectivity index (χ4v) is 5.88. The maximum absolute atomic E-state index is 14.1. The number of halogens is 2. The third-order valence-corrected chi connectivity index (χ3v) is 8.54. The number of rotatable bonds is 11. The molecule has 0 heterocycles. The molecule has 11 nitrogen and oxygen atoms in total. The van der Waals surface area contributed by atoms with Gasteiger partial charge in [0.1, 0.15) is 18.3 Å². The number of nitrogens with one attached hydrogen (secondary N) is 1. The first-order chi connectivity index (χ1) is 19.3. The first-order valence-electron chi connectivity index (χ1n) is 12.2. The van der Waals surface area contributed by atoms with Crippen LogP contribution < -0.4 is 14.4 Å². The number of amides is 2. The van der Waals surface area contributed by atoms with Crippen LogP contribution in [0.3, 0.4) is 0 Å². The highest BCUT2D eigenvalue weighted by atomic mass is 35.5. The second kappa shape index (κ2) is 13.2. The summed E-state index contributed by atoms with van der Waals surface area (Å²) < 4.78 is 34.2. The monoisotopic (exact) mass is 622 g/mol. The molecule has 1 N–H and O–H groups in total. The van der Waals surface area contributed by atoms with Gasteiger partial charge in [-0.1, -0.05) is 41.4 Å². The van der Waals surface area contributed by atoms with E-state index >= 15 is 0 Å². The molecule has 0 aliphatic heterocycles. The number of hydrogen-bond acceptors (Lipinski definition) is 7. The molecule has 0 unspecified atom stereocenters. The lowest BCUT2D eigenvalue weighted by molar-refractivity contribution is -0.385. The van der Waals surface area contributed by atoms with E-state index in [0.29, 0.717) is 10.6 Å². The number of nitro benzene ring substituents is 1. The Kier molecular flexibility index (Phi) is 10.2.